The van der Waals surface area contributed by atoms with Gasteiger partial charge in [0, 0.05) is 6.20 Å². The van der Waals surface area contributed by atoms with Crippen LogP contribution in [-0.2, 0) is 0 Å². The summed E-state index contributed by atoms with van der Waals surface area (Å²) in [5, 5.41) is 14.8. The van der Waals surface area contributed by atoms with Crippen LogP contribution in [-0.4, -0.2) is 21.0 Å². The predicted octanol–water partition coefficient (Wildman–Crippen LogP) is 0.948. The summed E-state index contributed by atoms with van der Waals surface area (Å²) in [5.41, 5.74) is 5.79. The molecule has 0 saturated heterocycles. The van der Waals surface area contributed by atoms with Crippen molar-refractivity contribution in [3.05, 3.63) is 42.4 Å². The monoisotopic (exact) mass is 215 g/mol. The minimum atomic E-state index is -0.117. The van der Waals surface area contributed by atoms with Crippen LogP contribution in [0.5, 0.6) is 11.6 Å². The SMILES string of the molecule is N=C(N)c1ccnnc1Oc1cccnc1. The Bertz CT molecular complexity index is 500. The molecule has 6 heteroatoms. The molecule has 0 aromatic carbocycles. The molecule has 0 amide bonds. The van der Waals surface area contributed by atoms with E-state index in [-0.39, 0.29) is 11.7 Å². The van der Waals surface area contributed by atoms with Gasteiger partial charge in [0.1, 0.15) is 11.6 Å². The Hall–Kier alpha value is -2.50. The molecule has 2 heterocycles. The summed E-state index contributed by atoms with van der Waals surface area (Å²) in [6.45, 7) is 0. The van der Waals surface area contributed by atoms with E-state index in [9.17, 15) is 0 Å². The van der Waals surface area contributed by atoms with E-state index >= 15 is 0 Å². The summed E-state index contributed by atoms with van der Waals surface area (Å²) in [4.78, 5) is 3.90. The number of pyridine rings is 1. The van der Waals surface area contributed by atoms with E-state index in [0.717, 1.165) is 0 Å². The van der Waals surface area contributed by atoms with Crippen molar-refractivity contribution >= 4 is 5.84 Å². The average Bonchev–Trinajstić information content (AvgIpc) is 2.31. The number of ether oxygens (including phenoxy) is 1. The number of nitrogens with zero attached hydrogens (tertiary/aromatic N) is 3. The quantitative estimate of drug-likeness (QED) is 0.586. The fourth-order valence-electron chi connectivity index (χ4n) is 1.12. The molecule has 0 unspecified atom stereocenters. The van der Waals surface area contributed by atoms with Crippen molar-refractivity contribution in [2.24, 2.45) is 5.73 Å². The maximum absolute atomic E-state index is 7.36. The molecule has 2 aromatic rings. The van der Waals surface area contributed by atoms with Crippen molar-refractivity contribution in [2.75, 3.05) is 0 Å². The van der Waals surface area contributed by atoms with Crippen molar-refractivity contribution in [1.82, 2.24) is 15.2 Å². The molecule has 0 radical (unpaired) electrons. The van der Waals surface area contributed by atoms with Crippen molar-refractivity contribution in [3.63, 3.8) is 0 Å². The van der Waals surface area contributed by atoms with Gasteiger partial charge < -0.3 is 10.5 Å². The van der Waals surface area contributed by atoms with Crippen LogP contribution >= 0.6 is 0 Å². The molecule has 0 aliphatic heterocycles. The molecule has 0 bridgehead atoms. The Kier molecular flexibility index (Phi) is 2.73. The zero-order chi connectivity index (χ0) is 11.4. The molecule has 2 rings (SSSR count). The van der Waals surface area contributed by atoms with Gasteiger partial charge in [0.2, 0.25) is 5.88 Å². The zero-order valence-corrected chi connectivity index (χ0v) is 8.29. The molecule has 0 aliphatic rings. The number of nitrogens with one attached hydrogen (secondary N) is 1. The minimum Gasteiger partial charge on any atom is -0.435 e. The molecular weight excluding hydrogens is 206 g/mol. The second kappa shape index (κ2) is 4.35. The van der Waals surface area contributed by atoms with Gasteiger partial charge in [-0.05, 0) is 18.2 Å². The van der Waals surface area contributed by atoms with Gasteiger partial charge in [0.15, 0.2) is 0 Å². The Balaban J connectivity index is 2.31. The first kappa shape index (κ1) is 10.0. The highest BCUT2D eigenvalue weighted by atomic mass is 16.5. The van der Waals surface area contributed by atoms with E-state index in [2.05, 4.69) is 15.2 Å². The fourth-order valence-corrected chi connectivity index (χ4v) is 1.12. The van der Waals surface area contributed by atoms with Gasteiger partial charge >= 0.3 is 0 Å². The van der Waals surface area contributed by atoms with Crippen LogP contribution in [0.15, 0.2) is 36.8 Å². The van der Waals surface area contributed by atoms with Crippen LogP contribution < -0.4 is 10.5 Å². The van der Waals surface area contributed by atoms with Crippen molar-refractivity contribution in [3.8, 4) is 11.6 Å². The number of hydrogen-bond acceptors (Lipinski definition) is 5. The molecule has 2 aromatic heterocycles. The van der Waals surface area contributed by atoms with Crippen molar-refractivity contribution in [1.29, 1.82) is 5.41 Å². The van der Waals surface area contributed by atoms with E-state index < -0.39 is 0 Å². The molecule has 3 N–H and O–H groups in total. The molecule has 0 aliphatic carbocycles. The molecular formula is C10H9N5O. The number of rotatable bonds is 3. The van der Waals surface area contributed by atoms with Gasteiger partial charge in [-0.1, -0.05) is 0 Å². The Labute approximate surface area is 91.6 Å². The Morgan fingerprint density at radius 3 is 2.88 bits per heavy atom. The summed E-state index contributed by atoms with van der Waals surface area (Å²) in [6, 6.07) is 5.03. The van der Waals surface area contributed by atoms with Crippen molar-refractivity contribution < 1.29 is 4.74 Å². The highest BCUT2D eigenvalue weighted by Gasteiger charge is 2.08. The highest BCUT2D eigenvalue weighted by Crippen LogP contribution is 2.20. The van der Waals surface area contributed by atoms with Crippen LogP contribution in [0.3, 0.4) is 0 Å². The first-order valence-electron chi connectivity index (χ1n) is 4.51. The first-order chi connectivity index (χ1) is 7.77. The number of aromatic nitrogens is 3. The molecule has 6 nitrogen and oxygen atoms in total. The summed E-state index contributed by atoms with van der Waals surface area (Å²) >= 11 is 0. The van der Waals surface area contributed by atoms with Crippen LogP contribution in [0.1, 0.15) is 5.56 Å². The average molecular weight is 215 g/mol. The lowest BCUT2D eigenvalue weighted by Crippen LogP contribution is -2.13. The molecule has 16 heavy (non-hydrogen) atoms. The third kappa shape index (κ3) is 2.11. The second-order valence-corrected chi connectivity index (χ2v) is 2.95. The maximum Gasteiger partial charge on any atom is 0.249 e. The van der Waals surface area contributed by atoms with Gasteiger partial charge in [-0.25, -0.2) is 0 Å². The lowest BCUT2D eigenvalue weighted by molar-refractivity contribution is 0.452. The fraction of sp³-hybridized carbons (Fsp3) is 0. The third-order valence-electron chi connectivity index (χ3n) is 1.83. The molecule has 80 valence electrons. The Morgan fingerprint density at radius 1 is 1.31 bits per heavy atom. The van der Waals surface area contributed by atoms with Crippen LogP contribution in [0.25, 0.3) is 0 Å². The maximum atomic E-state index is 7.36. The number of nitrogens with two attached hydrogens (primary N) is 1. The second-order valence-electron chi connectivity index (χ2n) is 2.95. The van der Waals surface area contributed by atoms with Gasteiger partial charge in [-0.2, -0.15) is 5.10 Å². The molecule has 0 atom stereocenters. The normalized spacial score (nSPS) is 9.75. The summed E-state index contributed by atoms with van der Waals surface area (Å²) in [6.07, 6.45) is 4.63. The summed E-state index contributed by atoms with van der Waals surface area (Å²) in [7, 11) is 0. The van der Waals surface area contributed by atoms with Crippen molar-refractivity contribution in [2.45, 2.75) is 0 Å². The highest BCUT2D eigenvalue weighted by molar-refractivity contribution is 5.96. The Morgan fingerprint density at radius 2 is 2.19 bits per heavy atom. The molecule has 0 fully saturated rings. The first-order valence-corrected chi connectivity index (χ1v) is 4.51. The molecule has 0 saturated carbocycles. The third-order valence-corrected chi connectivity index (χ3v) is 1.83. The van der Waals surface area contributed by atoms with Gasteiger partial charge in [-0.3, -0.25) is 10.4 Å². The van der Waals surface area contributed by atoms with Crippen LogP contribution in [0.2, 0.25) is 0 Å². The van der Waals surface area contributed by atoms with E-state index in [1.165, 1.54) is 6.20 Å². The topological polar surface area (TPSA) is 97.8 Å². The summed E-state index contributed by atoms with van der Waals surface area (Å²) in [5.74, 6) is 0.599. The summed E-state index contributed by atoms with van der Waals surface area (Å²) < 4.78 is 5.41. The zero-order valence-electron chi connectivity index (χ0n) is 8.29. The number of amidine groups is 1. The lowest BCUT2D eigenvalue weighted by atomic mass is 10.3. The van der Waals surface area contributed by atoms with Gasteiger partial charge in [-0.15, -0.1) is 5.10 Å². The van der Waals surface area contributed by atoms with E-state index in [1.807, 2.05) is 0 Å². The van der Waals surface area contributed by atoms with E-state index in [0.29, 0.717) is 11.3 Å². The smallest absolute Gasteiger partial charge is 0.249 e. The minimum absolute atomic E-state index is 0.117. The van der Waals surface area contributed by atoms with E-state index in [1.54, 1.807) is 30.6 Å². The molecule has 0 spiro atoms. The van der Waals surface area contributed by atoms with Crippen LogP contribution in [0, 0.1) is 5.41 Å². The standard InChI is InChI=1S/C10H9N5O/c11-9(12)8-3-5-14-15-10(8)16-7-2-1-4-13-6-7/h1-6H,(H3,11,12). The van der Waals surface area contributed by atoms with Crippen LogP contribution in [0.4, 0.5) is 0 Å². The largest absolute Gasteiger partial charge is 0.435 e. The number of nitrogen functional groups attached to an aromatic ring is 1. The lowest BCUT2D eigenvalue weighted by Gasteiger charge is -2.06. The number of hydrogen-bond donors (Lipinski definition) is 2. The van der Waals surface area contributed by atoms with E-state index in [4.69, 9.17) is 15.9 Å². The van der Waals surface area contributed by atoms with Gasteiger partial charge in [0.05, 0.1) is 18.0 Å². The predicted molar refractivity (Wildman–Crippen MR) is 57.4 cm³/mol. The van der Waals surface area contributed by atoms with Gasteiger partial charge in [0.25, 0.3) is 0 Å².